The Hall–Kier alpha value is -1.36. The molecule has 1 atom stereocenters. The lowest BCUT2D eigenvalue weighted by atomic mass is 10.2. The number of aliphatic hydroxyl groups is 1. The minimum atomic E-state index is -0.815. The highest BCUT2D eigenvalue weighted by Crippen LogP contribution is 2.12. The summed E-state index contributed by atoms with van der Waals surface area (Å²) in [6.45, 7) is 2.17. The second kappa shape index (κ2) is 5.31. The fourth-order valence-electron chi connectivity index (χ4n) is 2.27. The Morgan fingerprint density at radius 1 is 1.41 bits per heavy atom. The number of aliphatic hydroxyl groups excluding tert-OH is 1. The van der Waals surface area contributed by atoms with Crippen LogP contribution in [0, 0.1) is 0 Å². The second-order valence-electron chi connectivity index (χ2n) is 4.50. The van der Waals surface area contributed by atoms with Gasteiger partial charge in [-0.2, -0.15) is 0 Å². The van der Waals surface area contributed by atoms with E-state index >= 15 is 0 Å². The molecule has 1 fully saturated rings. The summed E-state index contributed by atoms with van der Waals surface area (Å²) < 4.78 is 0. The zero-order valence-electron chi connectivity index (χ0n) is 9.84. The average molecular weight is 238 g/mol. The van der Waals surface area contributed by atoms with E-state index in [1.165, 1.54) is 17.1 Å². The number of rotatable bonds is 4. The van der Waals surface area contributed by atoms with Crippen molar-refractivity contribution >= 4 is 11.8 Å². The Balaban J connectivity index is 1.69. The summed E-state index contributed by atoms with van der Waals surface area (Å²) in [5, 5.41) is 9.46. The number of hydrogen-bond donors (Lipinski definition) is 1. The van der Waals surface area contributed by atoms with Crippen molar-refractivity contribution < 1.29 is 14.7 Å². The largest absolute Gasteiger partial charge is 0.370 e. The molecule has 2 heterocycles. The molecule has 17 heavy (non-hydrogen) atoms. The Kier molecular flexibility index (Phi) is 3.78. The summed E-state index contributed by atoms with van der Waals surface area (Å²) in [5.41, 5.74) is 0. The minimum Gasteiger partial charge on any atom is -0.370 e. The number of nitrogens with zero attached hydrogens (tertiary/aromatic N) is 2. The highest BCUT2D eigenvalue weighted by Gasteiger charge is 2.24. The summed E-state index contributed by atoms with van der Waals surface area (Å²) in [5.74, 6) is -0.0114. The molecule has 0 spiro atoms. The highest BCUT2D eigenvalue weighted by molar-refractivity contribution is 5.90. The average Bonchev–Trinajstić information content (AvgIpc) is 2.93. The fraction of sp³-hybridized carbons (Fsp3) is 0.667. The van der Waals surface area contributed by atoms with E-state index in [1.807, 2.05) is 4.90 Å². The molecule has 5 nitrogen and oxygen atoms in total. The molecule has 1 saturated heterocycles. The van der Waals surface area contributed by atoms with E-state index in [0.717, 1.165) is 25.9 Å². The molecule has 1 N–H and O–H groups in total. The third-order valence-corrected chi connectivity index (χ3v) is 3.26. The number of likely N-dealkylation sites (tertiary alicyclic amines) is 1. The van der Waals surface area contributed by atoms with Crippen molar-refractivity contribution in [2.24, 2.45) is 0 Å². The summed E-state index contributed by atoms with van der Waals surface area (Å²) in [6, 6.07) is 0. The van der Waals surface area contributed by atoms with Crippen LogP contribution in [0.1, 0.15) is 25.7 Å². The van der Waals surface area contributed by atoms with Crippen LogP contribution in [-0.4, -0.2) is 52.6 Å². The molecule has 2 rings (SSSR count). The van der Waals surface area contributed by atoms with Crippen LogP contribution in [0.4, 0.5) is 0 Å². The van der Waals surface area contributed by atoms with Crippen LogP contribution in [-0.2, 0) is 9.59 Å². The molecule has 0 aromatic heterocycles. The predicted octanol–water partition coefficient (Wildman–Crippen LogP) is 0.106. The van der Waals surface area contributed by atoms with Gasteiger partial charge in [-0.15, -0.1) is 0 Å². The zero-order chi connectivity index (χ0) is 12.3. The van der Waals surface area contributed by atoms with Crippen molar-refractivity contribution in [3.63, 3.8) is 0 Å². The molecular weight excluding hydrogens is 220 g/mol. The lowest BCUT2D eigenvalue weighted by molar-refractivity contribution is -0.133. The van der Waals surface area contributed by atoms with Gasteiger partial charge < -0.3 is 14.9 Å². The van der Waals surface area contributed by atoms with Gasteiger partial charge in [-0.1, -0.05) is 0 Å². The van der Waals surface area contributed by atoms with E-state index in [0.29, 0.717) is 19.4 Å². The first-order chi connectivity index (χ1) is 8.18. The molecule has 2 amide bonds. The van der Waals surface area contributed by atoms with E-state index in [9.17, 15) is 14.7 Å². The van der Waals surface area contributed by atoms with Gasteiger partial charge in [0.05, 0.1) is 0 Å². The molecule has 94 valence electrons. The number of amides is 2. The number of carbonyl (C=O) groups excluding carboxylic acids is 2. The van der Waals surface area contributed by atoms with Gasteiger partial charge >= 0.3 is 0 Å². The summed E-state index contributed by atoms with van der Waals surface area (Å²) >= 11 is 0. The van der Waals surface area contributed by atoms with Crippen LogP contribution in [0.5, 0.6) is 0 Å². The molecule has 0 aromatic carbocycles. The first-order valence-corrected chi connectivity index (χ1v) is 6.13. The second-order valence-corrected chi connectivity index (χ2v) is 4.50. The van der Waals surface area contributed by atoms with Crippen molar-refractivity contribution in [2.45, 2.75) is 31.9 Å². The van der Waals surface area contributed by atoms with E-state index in [1.54, 1.807) is 0 Å². The Morgan fingerprint density at radius 2 is 2.12 bits per heavy atom. The van der Waals surface area contributed by atoms with E-state index in [2.05, 4.69) is 0 Å². The standard InChI is InChI=1S/C12H18N2O3/c15-10(13-7-1-2-8-13)4-3-9-14-11(16)5-6-12(14)17/h5-6,11,16H,1-4,7-9H2/t11-/m0/s1. The van der Waals surface area contributed by atoms with Crippen LogP contribution < -0.4 is 0 Å². The third-order valence-electron chi connectivity index (χ3n) is 3.26. The van der Waals surface area contributed by atoms with Gasteiger partial charge in [0.1, 0.15) is 6.23 Å². The molecule has 0 unspecified atom stereocenters. The van der Waals surface area contributed by atoms with Crippen LogP contribution in [0.15, 0.2) is 12.2 Å². The lowest BCUT2D eigenvalue weighted by Crippen LogP contribution is -2.35. The Bertz CT molecular complexity index is 335. The molecule has 0 saturated carbocycles. The normalized spacial score (nSPS) is 23.8. The van der Waals surface area contributed by atoms with Gasteiger partial charge in [0.2, 0.25) is 11.8 Å². The zero-order valence-corrected chi connectivity index (χ0v) is 9.84. The van der Waals surface area contributed by atoms with Gasteiger partial charge in [-0.25, -0.2) is 0 Å². The molecular formula is C12H18N2O3. The van der Waals surface area contributed by atoms with Crippen molar-refractivity contribution in [1.82, 2.24) is 9.80 Å². The van der Waals surface area contributed by atoms with E-state index in [-0.39, 0.29) is 11.8 Å². The van der Waals surface area contributed by atoms with Crippen molar-refractivity contribution in [1.29, 1.82) is 0 Å². The van der Waals surface area contributed by atoms with Gasteiger partial charge in [-0.3, -0.25) is 9.59 Å². The van der Waals surface area contributed by atoms with E-state index in [4.69, 9.17) is 0 Å². The Labute approximate surface area is 101 Å². The third kappa shape index (κ3) is 2.85. The molecule has 0 aromatic rings. The maximum Gasteiger partial charge on any atom is 0.248 e. The minimum absolute atomic E-state index is 0.164. The monoisotopic (exact) mass is 238 g/mol. The highest BCUT2D eigenvalue weighted by atomic mass is 16.3. The summed E-state index contributed by atoms with van der Waals surface area (Å²) in [6.07, 6.45) is 5.27. The molecule has 2 aliphatic rings. The molecule has 0 aliphatic carbocycles. The first kappa shape index (κ1) is 12.1. The maximum absolute atomic E-state index is 11.7. The summed E-state index contributed by atoms with van der Waals surface area (Å²) in [7, 11) is 0. The van der Waals surface area contributed by atoms with Crippen LogP contribution >= 0.6 is 0 Å². The molecule has 2 aliphatic heterocycles. The quantitative estimate of drug-likeness (QED) is 0.756. The summed E-state index contributed by atoms with van der Waals surface area (Å²) in [4.78, 5) is 26.3. The maximum atomic E-state index is 11.7. The van der Waals surface area contributed by atoms with Crippen molar-refractivity contribution in [3.05, 3.63) is 12.2 Å². The predicted molar refractivity (Wildman–Crippen MR) is 61.9 cm³/mol. The SMILES string of the molecule is O=C(CCCN1C(=O)C=C[C@@H]1O)N1CCCC1. The molecule has 0 radical (unpaired) electrons. The van der Waals surface area contributed by atoms with Gasteiger partial charge in [0.25, 0.3) is 0 Å². The lowest BCUT2D eigenvalue weighted by Gasteiger charge is -2.21. The smallest absolute Gasteiger partial charge is 0.248 e. The first-order valence-electron chi connectivity index (χ1n) is 6.13. The van der Waals surface area contributed by atoms with Crippen LogP contribution in [0.25, 0.3) is 0 Å². The number of carbonyl (C=O) groups is 2. The van der Waals surface area contributed by atoms with Gasteiger partial charge in [-0.05, 0) is 25.3 Å². The van der Waals surface area contributed by atoms with Crippen molar-refractivity contribution in [3.8, 4) is 0 Å². The number of hydrogen-bond acceptors (Lipinski definition) is 3. The van der Waals surface area contributed by atoms with Crippen LogP contribution in [0.2, 0.25) is 0 Å². The van der Waals surface area contributed by atoms with E-state index < -0.39 is 6.23 Å². The fourth-order valence-corrected chi connectivity index (χ4v) is 2.27. The van der Waals surface area contributed by atoms with Gasteiger partial charge in [0.15, 0.2) is 0 Å². The van der Waals surface area contributed by atoms with Crippen LogP contribution in [0.3, 0.4) is 0 Å². The Morgan fingerprint density at radius 3 is 2.71 bits per heavy atom. The van der Waals surface area contributed by atoms with Crippen molar-refractivity contribution in [2.75, 3.05) is 19.6 Å². The topological polar surface area (TPSA) is 60.9 Å². The molecule has 5 heteroatoms. The van der Waals surface area contributed by atoms with Gasteiger partial charge in [0, 0.05) is 32.1 Å². The molecule has 0 bridgehead atoms.